The highest BCUT2D eigenvalue weighted by Crippen LogP contribution is 2.32. The van der Waals surface area contributed by atoms with Crippen LogP contribution in [0.2, 0.25) is 0 Å². The number of carbonyl (C=O) groups excluding carboxylic acids is 1. The predicted molar refractivity (Wildman–Crippen MR) is 143 cm³/mol. The number of pyridine rings is 1. The van der Waals surface area contributed by atoms with Gasteiger partial charge in [0.1, 0.15) is 5.60 Å². The summed E-state index contributed by atoms with van der Waals surface area (Å²) in [6, 6.07) is 20.2. The number of aromatic nitrogens is 2. The third-order valence-corrected chi connectivity index (χ3v) is 6.85. The quantitative estimate of drug-likeness (QED) is 0.390. The number of hydrogen-bond donors (Lipinski definition) is 0. The summed E-state index contributed by atoms with van der Waals surface area (Å²) in [5, 5.41) is 1.11. The average molecular weight is 484 g/mol. The van der Waals surface area contributed by atoms with Gasteiger partial charge in [0.25, 0.3) is 5.56 Å². The van der Waals surface area contributed by atoms with Crippen LogP contribution in [0.1, 0.15) is 43.2 Å². The molecule has 2 aromatic carbocycles. The van der Waals surface area contributed by atoms with Crippen molar-refractivity contribution in [2.75, 3.05) is 6.54 Å². The number of aryl methyl sites for hydroxylation is 3. The van der Waals surface area contributed by atoms with Gasteiger partial charge in [0.2, 0.25) is 0 Å². The van der Waals surface area contributed by atoms with Gasteiger partial charge in [0.05, 0.1) is 17.7 Å². The van der Waals surface area contributed by atoms with Crippen LogP contribution in [0.5, 0.6) is 0 Å². The monoisotopic (exact) mass is 483 g/mol. The molecule has 0 aliphatic carbocycles. The van der Waals surface area contributed by atoms with Crippen LogP contribution in [0.3, 0.4) is 0 Å². The Morgan fingerprint density at radius 1 is 0.972 bits per heavy atom. The molecule has 186 valence electrons. The van der Waals surface area contributed by atoms with Crippen LogP contribution in [0, 0.1) is 0 Å². The van der Waals surface area contributed by atoms with Crippen LogP contribution in [0.25, 0.3) is 16.6 Å². The molecule has 1 aliphatic heterocycles. The topological polar surface area (TPSA) is 56.5 Å². The Bertz CT molecular complexity index is 1480. The molecule has 6 heteroatoms. The molecule has 0 spiro atoms. The number of nitrogens with zero attached hydrogens (tertiary/aromatic N) is 3. The fraction of sp³-hybridized carbons (Fsp3) is 0.333. The van der Waals surface area contributed by atoms with Gasteiger partial charge in [-0.2, -0.15) is 0 Å². The minimum atomic E-state index is -0.518. The van der Waals surface area contributed by atoms with E-state index in [1.807, 2.05) is 57.3 Å². The molecule has 36 heavy (non-hydrogen) atoms. The van der Waals surface area contributed by atoms with Crippen molar-refractivity contribution in [3.8, 4) is 5.69 Å². The van der Waals surface area contributed by atoms with E-state index in [1.165, 1.54) is 11.3 Å². The number of carbonyl (C=O) groups is 1. The molecule has 4 aromatic rings. The molecule has 1 aliphatic rings. The molecular weight excluding hydrogens is 450 g/mol. The van der Waals surface area contributed by atoms with E-state index in [0.717, 1.165) is 47.0 Å². The van der Waals surface area contributed by atoms with Crippen molar-refractivity contribution in [2.45, 2.75) is 52.2 Å². The zero-order valence-corrected chi connectivity index (χ0v) is 21.5. The molecule has 0 atom stereocenters. The first-order valence-corrected chi connectivity index (χ1v) is 12.5. The molecule has 0 saturated heterocycles. The van der Waals surface area contributed by atoms with E-state index in [1.54, 1.807) is 15.5 Å². The second-order valence-electron chi connectivity index (χ2n) is 10.6. The highest BCUT2D eigenvalue weighted by molar-refractivity contribution is 5.88. The fourth-order valence-electron chi connectivity index (χ4n) is 5.02. The number of hydrogen-bond acceptors (Lipinski definition) is 3. The van der Waals surface area contributed by atoms with E-state index >= 15 is 0 Å². The van der Waals surface area contributed by atoms with Crippen molar-refractivity contribution in [1.29, 1.82) is 0 Å². The van der Waals surface area contributed by atoms with Crippen molar-refractivity contribution < 1.29 is 9.53 Å². The maximum atomic E-state index is 13.0. The largest absolute Gasteiger partial charge is 0.444 e. The lowest BCUT2D eigenvalue weighted by Gasteiger charge is -2.30. The summed E-state index contributed by atoms with van der Waals surface area (Å²) < 4.78 is 9.49. The minimum Gasteiger partial charge on any atom is -0.444 e. The first kappa shape index (κ1) is 23.9. The summed E-state index contributed by atoms with van der Waals surface area (Å²) in [5.41, 5.74) is 6.03. The normalized spacial score (nSPS) is 13.6. The third kappa shape index (κ3) is 4.81. The van der Waals surface area contributed by atoms with Gasteiger partial charge in [-0.15, -0.1) is 0 Å². The lowest BCUT2D eigenvalue weighted by molar-refractivity contribution is 0.0223. The van der Waals surface area contributed by atoms with Gasteiger partial charge in [-0.1, -0.05) is 36.4 Å². The number of amides is 1. The summed E-state index contributed by atoms with van der Waals surface area (Å²) in [4.78, 5) is 27.4. The number of ether oxygens (including phenoxy) is 1. The first-order chi connectivity index (χ1) is 17.2. The maximum absolute atomic E-state index is 13.0. The SMILES string of the molecule is Cn1c2c(c3ccc(-n4ccc(CCc5ccccc5)cc4=O)cc31)CN(C(=O)OC(C)(C)C)CC2. The zero-order valence-electron chi connectivity index (χ0n) is 21.5. The number of fused-ring (bicyclic) bond motifs is 3. The predicted octanol–water partition coefficient (Wildman–Crippen LogP) is 5.41. The molecule has 6 nitrogen and oxygen atoms in total. The standard InChI is InChI=1S/C30H33N3O3/c1-30(2,3)36-29(35)32-16-15-26-25(20-32)24-13-12-23(19-27(24)31(26)4)33-17-14-22(18-28(33)34)11-10-21-8-6-5-7-9-21/h5-9,12-14,17-19H,10-11,15-16,20H2,1-4H3. The molecule has 0 bridgehead atoms. The second-order valence-corrected chi connectivity index (χ2v) is 10.6. The first-order valence-electron chi connectivity index (χ1n) is 12.5. The Kier molecular flexibility index (Phi) is 6.20. The van der Waals surface area contributed by atoms with E-state index in [0.29, 0.717) is 13.1 Å². The van der Waals surface area contributed by atoms with Gasteiger partial charge in [-0.3, -0.25) is 9.36 Å². The lowest BCUT2D eigenvalue weighted by atomic mass is 10.0. The number of rotatable bonds is 4. The van der Waals surface area contributed by atoms with Crippen molar-refractivity contribution in [3.63, 3.8) is 0 Å². The maximum Gasteiger partial charge on any atom is 0.410 e. The summed E-state index contributed by atoms with van der Waals surface area (Å²) in [6.07, 6.45) is 4.10. The number of benzene rings is 2. The minimum absolute atomic E-state index is 0.0324. The highest BCUT2D eigenvalue weighted by Gasteiger charge is 2.29. The fourth-order valence-corrected chi connectivity index (χ4v) is 5.02. The van der Waals surface area contributed by atoms with E-state index in [9.17, 15) is 9.59 Å². The van der Waals surface area contributed by atoms with Crippen molar-refractivity contribution >= 4 is 17.0 Å². The van der Waals surface area contributed by atoms with Crippen molar-refractivity contribution in [3.05, 3.63) is 99.6 Å². The smallest absolute Gasteiger partial charge is 0.410 e. The molecule has 5 rings (SSSR count). The lowest BCUT2D eigenvalue weighted by Crippen LogP contribution is -2.40. The van der Waals surface area contributed by atoms with E-state index in [-0.39, 0.29) is 11.7 Å². The van der Waals surface area contributed by atoms with E-state index < -0.39 is 5.60 Å². The Morgan fingerprint density at radius 2 is 1.72 bits per heavy atom. The zero-order chi connectivity index (χ0) is 25.4. The molecule has 0 N–H and O–H groups in total. The third-order valence-electron chi connectivity index (χ3n) is 6.85. The average Bonchev–Trinajstić information content (AvgIpc) is 3.13. The highest BCUT2D eigenvalue weighted by atomic mass is 16.6. The Balaban J connectivity index is 1.39. The van der Waals surface area contributed by atoms with E-state index in [2.05, 4.69) is 35.9 Å². The van der Waals surface area contributed by atoms with Crippen LogP contribution >= 0.6 is 0 Å². The van der Waals surface area contributed by atoms with Gasteiger partial charge >= 0.3 is 6.09 Å². The molecule has 0 saturated carbocycles. The van der Waals surface area contributed by atoms with Crippen LogP contribution in [0.4, 0.5) is 4.79 Å². The molecule has 1 amide bonds. The Morgan fingerprint density at radius 3 is 2.44 bits per heavy atom. The molecule has 2 aromatic heterocycles. The van der Waals surface area contributed by atoms with Gasteiger partial charge in [0.15, 0.2) is 0 Å². The van der Waals surface area contributed by atoms with Gasteiger partial charge in [-0.25, -0.2) is 4.79 Å². The molecule has 0 fully saturated rings. The second kappa shape index (κ2) is 9.34. The van der Waals surface area contributed by atoms with E-state index in [4.69, 9.17) is 4.74 Å². The summed E-state index contributed by atoms with van der Waals surface area (Å²) in [6.45, 7) is 6.81. The van der Waals surface area contributed by atoms with Crippen LogP contribution in [-0.2, 0) is 37.6 Å². The molecule has 3 heterocycles. The van der Waals surface area contributed by atoms with Gasteiger partial charge < -0.3 is 14.2 Å². The van der Waals surface area contributed by atoms with Crippen LogP contribution in [-0.4, -0.2) is 32.3 Å². The summed E-state index contributed by atoms with van der Waals surface area (Å²) in [7, 11) is 2.06. The Labute approximate surface area is 211 Å². The summed E-state index contributed by atoms with van der Waals surface area (Å²) in [5.74, 6) is 0. The summed E-state index contributed by atoms with van der Waals surface area (Å²) >= 11 is 0. The Hall–Kier alpha value is -3.80. The molecule has 0 unspecified atom stereocenters. The van der Waals surface area contributed by atoms with Crippen LogP contribution in [0.15, 0.2) is 71.7 Å². The van der Waals surface area contributed by atoms with Crippen LogP contribution < -0.4 is 5.56 Å². The molecular formula is C30H33N3O3. The van der Waals surface area contributed by atoms with Crippen molar-refractivity contribution in [2.24, 2.45) is 7.05 Å². The van der Waals surface area contributed by atoms with Gasteiger partial charge in [0, 0.05) is 48.9 Å². The van der Waals surface area contributed by atoms with Crippen molar-refractivity contribution in [1.82, 2.24) is 14.0 Å². The van der Waals surface area contributed by atoms with Gasteiger partial charge in [-0.05, 0) is 62.9 Å². The molecule has 0 radical (unpaired) electrons.